The van der Waals surface area contributed by atoms with Crippen LogP contribution in [-0.2, 0) is 4.79 Å². The topological polar surface area (TPSA) is 54.0 Å². The molecule has 1 amide bonds. The predicted molar refractivity (Wildman–Crippen MR) is 64.3 cm³/mol. The Morgan fingerprint density at radius 1 is 1.69 bits per heavy atom. The fourth-order valence-electron chi connectivity index (χ4n) is 1.42. The fraction of sp³-hybridized carbons (Fsp3) is 0.636. The molecular formula is C11H17N3OS. The lowest BCUT2D eigenvalue weighted by Crippen LogP contribution is -2.35. The Morgan fingerprint density at radius 2 is 2.50 bits per heavy atom. The molecule has 2 rings (SSSR count). The minimum absolute atomic E-state index is 0.0790. The first-order chi connectivity index (χ1) is 7.75. The third-order valence-electron chi connectivity index (χ3n) is 2.68. The van der Waals surface area contributed by atoms with E-state index in [0.29, 0.717) is 6.54 Å². The van der Waals surface area contributed by atoms with Gasteiger partial charge in [-0.1, -0.05) is 0 Å². The Bertz CT molecular complexity index is 335. The van der Waals surface area contributed by atoms with Crippen LogP contribution in [-0.4, -0.2) is 24.0 Å². The van der Waals surface area contributed by atoms with Crippen LogP contribution in [0.3, 0.4) is 0 Å². The molecular weight excluding hydrogens is 222 g/mol. The van der Waals surface area contributed by atoms with E-state index in [4.69, 9.17) is 0 Å². The molecule has 1 atom stereocenters. The van der Waals surface area contributed by atoms with E-state index in [-0.39, 0.29) is 11.9 Å². The van der Waals surface area contributed by atoms with E-state index < -0.39 is 0 Å². The van der Waals surface area contributed by atoms with Crippen molar-refractivity contribution in [3.05, 3.63) is 16.6 Å². The van der Waals surface area contributed by atoms with E-state index in [0.717, 1.165) is 17.5 Å². The molecule has 1 heterocycles. The highest BCUT2D eigenvalue weighted by molar-refractivity contribution is 7.09. The van der Waals surface area contributed by atoms with Crippen LogP contribution in [0.25, 0.3) is 0 Å². The average Bonchev–Trinajstić information content (AvgIpc) is 2.95. The van der Waals surface area contributed by atoms with Gasteiger partial charge in [-0.15, -0.1) is 11.3 Å². The van der Waals surface area contributed by atoms with E-state index in [1.54, 1.807) is 17.5 Å². The molecule has 16 heavy (non-hydrogen) atoms. The average molecular weight is 239 g/mol. The third kappa shape index (κ3) is 3.57. The second kappa shape index (κ2) is 5.41. The molecule has 1 aliphatic rings. The van der Waals surface area contributed by atoms with Crippen molar-refractivity contribution in [2.75, 3.05) is 13.1 Å². The summed E-state index contributed by atoms with van der Waals surface area (Å²) >= 11 is 1.61. The van der Waals surface area contributed by atoms with Gasteiger partial charge in [0.25, 0.3) is 0 Å². The maximum Gasteiger partial charge on any atom is 0.233 e. The van der Waals surface area contributed by atoms with Crippen molar-refractivity contribution in [3.8, 4) is 0 Å². The van der Waals surface area contributed by atoms with Crippen molar-refractivity contribution in [2.45, 2.75) is 25.8 Å². The molecule has 0 spiro atoms. The van der Waals surface area contributed by atoms with E-state index in [9.17, 15) is 4.79 Å². The van der Waals surface area contributed by atoms with Crippen LogP contribution >= 0.6 is 11.3 Å². The summed E-state index contributed by atoms with van der Waals surface area (Å²) in [5, 5.41) is 9.06. The van der Waals surface area contributed by atoms with Gasteiger partial charge >= 0.3 is 0 Å². The molecule has 5 heteroatoms. The molecule has 1 fully saturated rings. The summed E-state index contributed by atoms with van der Waals surface area (Å²) in [6, 6.07) is 0.145. The number of carbonyl (C=O) groups is 1. The van der Waals surface area contributed by atoms with Crippen molar-refractivity contribution in [1.29, 1.82) is 0 Å². The Morgan fingerprint density at radius 3 is 3.12 bits per heavy atom. The highest BCUT2D eigenvalue weighted by Gasteiger charge is 2.21. The highest BCUT2D eigenvalue weighted by Crippen LogP contribution is 2.27. The normalized spacial score (nSPS) is 17.1. The fourth-order valence-corrected chi connectivity index (χ4v) is 2.09. The highest BCUT2D eigenvalue weighted by atomic mass is 32.1. The number of amides is 1. The third-order valence-corrected chi connectivity index (χ3v) is 3.63. The Kier molecular flexibility index (Phi) is 3.90. The molecule has 4 nitrogen and oxygen atoms in total. The maximum atomic E-state index is 11.5. The molecule has 1 unspecified atom stereocenters. The lowest BCUT2D eigenvalue weighted by atomic mass is 10.3. The number of aromatic nitrogens is 1. The van der Waals surface area contributed by atoms with Crippen LogP contribution in [0.1, 0.15) is 30.8 Å². The minimum Gasteiger partial charge on any atom is -0.355 e. The van der Waals surface area contributed by atoms with Crippen molar-refractivity contribution < 1.29 is 4.79 Å². The smallest absolute Gasteiger partial charge is 0.233 e. The minimum atomic E-state index is 0.0790. The summed E-state index contributed by atoms with van der Waals surface area (Å²) in [5.74, 6) is 0.815. The van der Waals surface area contributed by atoms with Crippen LogP contribution < -0.4 is 10.6 Å². The van der Waals surface area contributed by atoms with Crippen molar-refractivity contribution in [1.82, 2.24) is 15.6 Å². The number of nitrogens with one attached hydrogen (secondary N) is 2. The standard InChI is InChI=1S/C11H17N3OS/c1-8(11-12-4-5-16-11)13-7-10(15)14-6-9-2-3-9/h4-5,8-9,13H,2-3,6-7H2,1H3,(H,14,15). The largest absolute Gasteiger partial charge is 0.355 e. The zero-order chi connectivity index (χ0) is 11.4. The van der Waals surface area contributed by atoms with E-state index >= 15 is 0 Å². The first-order valence-corrected chi connectivity index (χ1v) is 6.53. The van der Waals surface area contributed by atoms with E-state index in [1.807, 2.05) is 12.3 Å². The van der Waals surface area contributed by atoms with Gasteiger partial charge in [0, 0.05) is 18.1 Å². The molecule has 0 aliphatic heterocycles. The summed E-state index contributed by atoms with van der Waals surface area (Å²) < 4.78 is 0. The number of hydrogen-bond acceptors (Lipinski definition) is 4. The summed E-state index contributed by atoms with van der Waals surface area (Å²) in [4.78, 5) is 15.7. The number of nitrogens with zero attached hydrogens (tertiary/aromatic N) is 1. The Labute approximate surface area is 99.5 Å². The van der Waals surface area contributed by atoms with Crippen LogP contribution in [0, 0.1) is 5.92 Å². The molecule has 0 aromatic carbocycles. The van der Waals surface area contributed by atoms with Gasteiger partial charge in [0.05, 0.1) is 12.6 Å². The molecule has 0 bridgehead atoms. The maximum absolute atomic E-state index is 11.5. The van der Waals surface area contributed by atoms with E-state index in [1.165, 1.54) is 12.8 Å². The van der Waals surface area contributed by atoms with Gasteiger partial charge in [-0.2, -0.15) is 0 Å². The molecule has 1 saturated carbocycles. The summed E-state index contributed by atoms with van der Waals surface area (Å²) in [6.07, 6.45) is 4.32. The molecule has 1 aliphatic carbocycles. The van der Waals surface area contributed by atoms with Crippen LogP contribution in [0.2, 0.25) is 0 Å². The van der Waals surface area contributed by atoms with Gasteiger partial charge in [-0.05, 0) is 25.7 Å². The second-order valence-electron chi connectivity index (χ2n) is 4.22. The Hall–Kier alpha value is -0.940. The first kappa shape index (κ1) is 11.5. The number of thiazole rings is 1. The van der Waals surface area contributed by atoms with Gasteiger partial charge in [0.2, 0.25) is 5.91 Å². The summed E-state index contributed by atoms with van der Waals surface area (Å²) in [6.45, 7) is 3.23. The van der Waals surface area contributed by atoms with Gasteiger partial charge < -0.3 is 5.32 Å². The first-order valence-electron chi connectivity index (χ1n) is 5.65. The van der Waals surface area contributed by atoms with Gasteiger partial charge in [-0.3, -0.25) is 10.1 Å². The summed E-state index contributed by atoms with van der Waals surface area (Å²) in [7, 11) is 0. The molecule has 88 valence electrons. The molecule has 1 aromatic rings. The monoisotopic (exact) mass is 239 g/mol. The van der Waals surface area contributed by atoms with Crippen molar-refractivity contribution >= 4 is 17.2 Å². The van der Waals surface area contributed by atoms with Crippen LogP contribution in [0.4, 0.5) is 0 Å². The lowest BCUT2D eigenvalue weighted by Gasteiger charge is -2.10. The zero-order valence-electron chi connectivity index (χ0n) is 9.40. The van der Waals surface area contributed by atoms with Gasteiger partial charge in [-0.25, -0.2) is 4.98 Å². The lowest BCUT2D eigenvalue weighted by molar-refractivity contribution is -0.120. The molecule has 2 N–H and O–H groups in total. The zero-order valence-corrected chi connectivity index (χ0v) is 10.2. The summed E-state index contributed by atoms with van der Waals surface area (Å²) in [5.41, 5.74) is 0. The molecule has 1 aromatic heterocycles. The quantitative estimate of drug-likeness (QED) is 0.787. The van der Waals surface area contributed by atoms with Crippen LogP contribution in [0.15, 0.2) is 11.6 Å². The Balaban J connectivity index is 1.64. The number of rotatable bonds is 6. The molecule has 0 radical (unpaired) electrons. The predicted octanol–water partition coefficient (Wildman–Crippen LogP) is 1.32. The van der Waals surface area contributed by atoms with Gasteiger partial charge in [0.15, 0.2) is 0 Å². The number of hydrogen-bond donors (Lipinski definition) is 2. The van der Waals surface area contributed by atoms with Crippen LogP contribution in [0.5, 0.6) is 0 Å². The van der Waals surface area contributed by atoms with E-state index in [2.05, 4.69) is 15.6 Å². The molecule has 0 saturated heterocycles. The second-order valence-corrected chi connectivity index (χ2v) is 5.15. The van der Waals surface area contributed by atoms with Crippen molar-refractivity contribution in [3.63, 3.8) is 0 Å². The van der Waals surface area contributed by atoms with Crippen molar-refractivity contribution in [2.24, 2.45) is 5.92 Å². The van der Waals surface area contributed by atoms with Gasteiger partial charge in [0.1, 0.15) is 5.01 Å². The number of carbonyl (C=O) groups excluding carboxylic acids is 1. The SMILES string of the molecule is CC(NCC(=O)NCC1CC1)c1nccs1.